The van der Waals surface area contributed by atoms with E-state index in [1.807, 2.05) is 18.2 Å². The molecule has 0 amide bonds. The predicted molar refractivity (Wildman–Crippen MR) is 101 cm³/mol. The van der Waals surface area contributed by atoms with Gasteiger partial charge in [-0.2, -0.15) is 0 Å². The van der Waals surface area contributed by atoms with E-state index in [0.717, 1.165) is 16.3 Å². The summed E-state index contributed by atoms with van der Waals surface area (Å²) in [6.07, 6.45) is 3.11. The minimum atomic E-state index is -2.17. The number of aromatic nitrogens is 2. The van der Waals surface area contributed by atoms with E-state index in [2.05, 4.69) is 35.7 Å². The molecule has 0 aliphatic rings. The Bertz CT molecular complexity index is 1150. The van der Waals surface area contributed by atoms with Crippen molar-refractivity contribution in [2.75, 3.05) is 0 Å². The maximum atomic E-state index is 7.51. The van der Waals surface area contributed by atoms with Crippen molar-refractivity contribution in [2.24, 2.45) is 0 Å². The second kappa shape index (κ2) is 6.49. The quantitative estimate of drug-likeness (QED) is 0.281. The van der Waals surface area contributed by atoms with Crippen LogP contribution in [0.25, 0.3) is 33.3 Å². The van der Waals surface area contributed by atoms with Crippen LogP contribution in [0.4, 0.5) is 0 Å². The average Bonchev–Trinajstić information content (AvgIpc) is 2.99. The number of rotatable bonds is 2. The number of hydrogen-bond donors (Lipinski definition) is 0. The van der Waals surface area contributed by atoms with Gasteiger partial charge in [0.25, 0.3) is 0 Å². The summed E-state index contributed by atoms with van der Waals surface area (Å²) in [5, 5.41) is 3.30. The van der Waals surface area contributed by atoms with Crippen LogP contribution in [0.1, 0.15) is 9.68 Å². The molecule has 0 aliphatic carbocycles. The van der Waals surface area contributed by atoms with E-state index in [-0.39, 0.29) is 25.7 Å². The Hall–Kier alpha value is -1.81. The molecular formula is C20H19IrN2OSi-. The standard InChI is InChI=1S/C20H19N2OSi.Ir/c1-13-7-9-16(22-12-13)14-8-10-17(24(2,3)4)18-15-6-5-11-21-20(15)23-19(14)18;/h5-7,9-12H,1-4H3;/q-1;/i1D3;. The van der Waals surface area contributed by atoms with E-state index in [0.29, 0.717) is 17.0 Å². The van der Waals surface area contributed by atoms with Crippen LogP contribution in [0.2, 0.25) is 19.6 Å². The molecule has 0 unspecified atom stereocenters. The minimum absolute atomic E-state index is 0. The van der Waals surface area contributed by atoms with Crippen molar-refractivity contribution in [3.05, 3.63) is 54.4 Å². The van der Waals surface area contributed by atoms with Crippen molar-refractivity contribution in [3.8, 4) is 11.3 Å². The zero-order valence-corrected chi connectivity index (χ0v) is 17.6. The molecule has 3 aromatic heterocycles. The topological polar surface area (TPSA) is 38.9 Å². The molecule has 0 fully saturated rings. The molecule has 1 aromatic carbocycles. The van der Waals surface area contributed by atoms with Crippen molar-refractivity contribution in [1.82, 2.24) is 9.97 Å². The van der Waals surface area contributed by atoms with Crippen molar-refractivity contribution < 1.29 is 28.6 Å². The van der Waals surface area contributed by atoms with E-state index in [1.54, 1.807) is 18.3 Å². The third-order valence-corrected chi connectivity index (χ3v) is 6.16. The number of furan rings is 1. The summed E-state index contributed by atoms with van der Waals surface area (Å²) in [5.74, 6) is 0. The molecule has 4 aromatic rings. The van der Waals surface area contributed by atoms with Crippen molar-refractivity contribution in [1.29, 1.82) is 0 Å². The molecule has 0 spiro atoms. The number of aryl methyl sites for hydroxylation is 1. The van der Waals surface area contributed by atoms with Crippen molar-refractivity contribution in [3.63, 3.8) is 0 Å². The van der Waals surface area contributed by atoms with Crippen LogP contribution in [0, 0.1) is 12.9 Å². The first-order valence-electron chi connectivity index (χ1n) is 9.35. The van der Waals surface area contributed by atoms with Gasteiger partial charge < -0.3 is 9.40 Å². The summed E-state index contributed by atoms with van der Waals surface area (Å²) in [7, 11) is -1.65. The van der Waals surface area contributed by atoms with Gasteiger partial charge in [-0.1, -0.05) is 42.7 Å². The van der Waals surface area contributed by atoms with Crippen molar-refractivity contribution in [2.45, 2.75) is 26.5 Å². The predicted octanol–water partition coefficient (Wildman–Crippen LogP) is 4.69. The summed E-state index contributed by atoms with van der Waals surface area (Å²) in [5.41, 5.74) is 2.87. The molecule has 25 heavy (non-hydrogen) atoms. The fraction of sp³-hybridized carbons (Fsp3) is 0.200. The first-order chi connectivity index (χ1) is 12.7. The van der Waals surface area contributed by atoms with Gasteiger partial charge in [0, 0.05) is 50.1 Å². The van der Waals surface area contributed by atoms with Gasteiger partial charge in [0.1, 0.15) is 0 Å². The van der Waals surface area contributed by atoms with Gasteiger partial charge in [-0.25, -0.2) is 4.98 Å². The van der Waals surface area contributed by atoms with E-state index in [1.165, 1.54) is 11.4 Å². The fourth-order valence-corrected chi connectivity index (χ4v) is 4.48. The summed E-state index contributed by atoms with van der Waals surface area (Å²) in [6.45, 7) is 4.69. The van der Waals surface area contributed by atoms with E-state index in [9.17, 15) is 0 Å². The summed E-state index contributed by atoms with van der Waals surface area (Å²) >= 11 is 0. The van der Waals surface area contributed by atoms with Gasteiger partial charge in [-0.15, -0.1) is 17.3 Å². The molecule has 5 heteroatoms. The van der Waals surface area contributed by atoms with Crippen LogP contribution in [0.3, 0.4) is 0 Å². The van der Waals surface area contributed by atoms with Gasteiger partial charge in [-0.05, 0) is 30.2 Å². The Morgan fingerprint density at radius 2 is 2.00 bits per heavy atom. The zero-order chi connectivity index (χ0) is 19.4. The molecule has 3 heterocycles. The van der Waals surface area contributed by atoms with E-state index in [4.69, 9.17) is 8.53 Å². The summed E-state index contributed by atoms with van der Waals surface area (Å²) in [6, 6.07) is 12.6. The third kappa shape index (κ3) is 3.08. The maximum Gasteiger partial charge on any atom is 0.216 e. The number of pyridine rings is 2. The molecule has 4 rings (SSSR count). The molecule has 3 nitrogen and oxygen atoms in total. The number of nitrogens with zero attached hydrogens (tertiary/aromatic N) is 2. The zero-order valence-electron chi connectivity index (χ0n) is 17.2. The van der Waals surface area contributed by atoms with Crippen LogP contribution in [-0.2, 0) is 20.1 Å². The molecule has 0 saturated carbocycles. The van der Waals surface area contributed by atoms with Gasteiger partial charge in [0.05, 0.1) is 5.58 Å². The van der Waals surface area contributed by atoms with Crippen LogP contribution >= 0.6 is 0 Å². The Morgan fingerprint density at radius 3 is 2.68 bits per heavy atom. The Morgan fingerprint density at radius 1 is 1.16 bits per heavy atom. The van der Waals surface area contributed by atoms with Gasteiger partial charge in [0.2, 0.25) is 5.71 Å². The third-order valence-electron chi connectivity index (χ3n) is 4.15. The average molecular weight is 527 g/mol. The molecule has 0 saturated heterocycles. The van der Waals surface area contributed by atoms with Crippen LogP contribution in [-0.4, -0.2) is 18.0 Å². The minimum Gasteiger partial charge on any atom is -0.486 e. The Balaban J connectivity index is 0.00000225. The summed E-state index contributed by atoms with van der Waals surface area (Å²) < 4.78 is 28.6. The van der Waals surface area contributed by atoms with Gasteiger partial charge in [0.15, 0.2) is 0 Å². The first kappa shape index (κ1) is 14.4. The van der Waals surface area contributed by atoms with Crippen LogP contribution < -0.4 is 5.19 Å². The molecule has 0 bridgehead atoms. The first-order valence-corrected chi connectivity index (χ1v) is 11.4. The van der Waals surface area contributed by atoms with Crippen LogP contribution in [0.5, 0.6) is 0 Å². The second-order valence-electron chi connectivity index (χ2n) is 6.92. The molecule has 129 valence electrons. The molecule has 0 atom stereocenters. The Kier molecular flexibility index (Phi) is 3.73. The second-order valence-corrected chi connectivity index (χ2v) is 12.0. The Labute approximate surface area is 166 Å². The summed E-state index contributed by atoms with van der Waals surface area (Å²) in [4.78, 5) is 8.73. The molecule has 0 N–H and O–H groups in total. The van der Waals surface area contributed by atoms with Crippen molar-refractivity contribution >= 4 is 35.3 Å². The van der Waals surface area contributed by atoms with Crippen LogP contribution in [0.15, 0.2) is 47.1 Å². The number of fused-ring (bicyclic) bond motifs is 3. The van der Waals surface area contributed by atoms with Gasteiger partial charge >= 0.3 is 0 Å². The SMILES string of the molecule is [2H]C([2H])([2H])c1ccc(-c2[c-]cc([Si](C)(C)C)c3c2oc2ncccc23)nc1.[Ir]. The molecule has 1 radical (unpaired) electrons. The van der Waals surface area contributed by atoms with E-state index < -0.39 is 14.9 Å². The number of benzene rings is 1. The monoisotopic (exact) mass is 527 g/mol. The fourth-order valence-electron chi connectivity index (χ4n) is 2.98. The normalized spacial score (nSPS) is 14.0. The number of hydrogen-bond acceptors (Lipinski definition) is 3. The largest absolute Gasteiger partial charge is 0.486 e. The molecular weight excluding hydrogens is 505 g/mol. The molecule has 0 aliphatic heterocycles. The smallest absolute Gasteiger partial charge is 0.216 e. The maximum absolute atomic E-state index is 7.51. The van der Waals surface area contributed by atoms with E-state index >= 15 is 0 Å². The van der Waals surface area contributed by atoms with Gasteiger partial charge in [-0.3, -0.25) is 0 Å².